The maximum Gasteiger partial charge on any atom is 0.573 e. The highest BCUT2D eigenvalue weighted by atomic mass is 35.5. The zero-order valence-corrected chi connectivity index (χ0v) is 15.1. The maximum atomic E-state index is 12.3. The average Bonchev–Trinajstić information content (AvgIpc) is 3.32. The van der Waals surface area contributed by atoms with E-state index < -0.39 is 6.36 Å². The van der Waals surface area contributed by atoms with Crippen molar-refractivity contribution in [2.45, 2.75) is 24.6 Å². The van der Waals surface area contributed by atoms with Gasteiger partial charge in [0.05, 0.1) is 5.41 Å². The molecule has 140 valence electrons. The highest BCUT2D eigenvalue weighted by Crippen LogP contribution is 2.53. The smallest absolute Gasteiger partial charge is 0.406 e. The fourth-order valence-corrected chi connectivity index (χ4v) is 3.46. The second-order valence-corrected chi connectivity index (χ2v) is 7.00. The third-order valence-electron chi connectivity index (χ3n) is 4.80. The fraction of sp³-hybridized carbons (Fsp3) is 0.263. The number of rotatable bonds is 4. The standard InChI is InChI=1S/C19H15ClF3N3O/c1-26-16(12-2-8-15(9-3-12)27-19(21,22)23)24-25-17(26)18(10-11-18)13-4-6-14(20)7-5-13/h2-9H,10-11H2,1H3. The molecule has 0 bridgehead atoms. The molecule has 1 saturated carbocycles. The minimum absolute atomic E-state index is 0.191. The van der Waals surface area contributed by atoms with Crippen LogP contribution in [-0.2, 0) is 12.5 Å². The Bertz CT molecular complexity index is 961. The van der Waals surface area contributed by atoms with Gasteiger partial charge >= 0.3 is 6.36 Å². The predicted molar refractivity (Wildman–Crippen MR) is 94.6 cm³/mol. The largest absolute Gasteiger partial charge is 0.573 e. The maximum absolute atomic E-state index is 12.3. The summed E-state index contributed by atoms with van der Waals surface area (Å²) in [7, 11) is 1.86. The summed E-state index contributed by atoms with van der Waals surface area (Å²) < 4.78 is 42.7. The molecule has 1 aromatic heterocycles. The molecule has 1 aliphatic rings. The number of benzene rings is 2. The van der Waals surface area contributed by atoms with Crippen LogP contribution in [0.2, 0.25) is 5.02 Å². The van der Waals surface area contributed by atoms with E-state index in [2.05, 4.69) is 14.9 Å². The zero-order valence-electron chi connectivity index (χ0n) is 14.3. The SMILES string of the molecule is Cn1c(-c2ccc(OC(F)(F)F)cc2)nnc1C1(c2ccc(Cl)cc2)CC1. The third-order valence-corrected chi connectivity index (χ3v) is 5.05. The monoisotopic (exact) mass is 393 g/mol. The first kappa shape index (κ1) is 17.9. The minimum atomic E-state index is -4.71. The number of hydrogen-bond acceptors (Lipinski definition) is 3. The Morgan fingerprint density at radius 2 is 1.63 bits per heavy atom. The lowest BCUT2D eigenvalue weighted by Gasteiger charge is -2.15. The van der Waals surface area contributed by atoms with Crippen LogP contribution in [0.3, 0.4) is 0 Å². The van der Waals surface area contributed by atoms with E-state index in [1.54, 1.807) is 0 Å². The van der Waals surface area contributed by atoms with E-state index >= 15 is 0 Å². The van der Waals surface area contributed by atoms with Crippen molar-refractivity contribution >= 4 is 11.6 Å². The molecule has 4 nitrogen and oxygen atoms in total. The van der Waals surface area contributed by atoms with Gasteiger partial charge in [0, 0.05) is 17.6 Å². The van der Waals surface area contributed by atoms with Gasteiger partial charge in [0.25, 0.3) is 0 Å². The molecule has 0 unspecified atom stereocenters. The molecule has 2 aromatic carbocycles. The van der Waals surface area contributed by atoms with Crippen LogP contribution in [-0.4, -0.2) is 21.1 Å². The Morgan fingerprint density at radius 3 is 2.19 bits per heavy atom. The molecule has 3 aromatic rings. The summed E-state index contributed by atoms with van der Waals surface area (Å²) in [4.78, 5) is 0. The molecule has 0 atom stereocenters. The first-order chi connectivity index (χ1) is 12.8. The van der Waals surface area contributed by atoms with Crippen molar-refractivity contribution in [3.63, 3.8) is 0 Å². The molecule has 27 heavy (non-hydrogen) atoms. The number of halogens is 4. The first-order valence-corrected chi connectivity index (χ1v) is 8.68. The summed E-state index contributed by atoms with van der Waals surface area (Å²) >= 11 is 5.98. The number of aromatic nitrogens is 3. The van der Waals surface area contributed by atoms with Gasteiger partial charge in [-0.25, -0.2) is 0 Å². The van der Waals surface area contributed by atoms with Gasteiger partial charge in [0.2, 0.25) is 0 Å². The molecule has 0 radical (unpaired) electrons. The van der Waals surface area contributed by atoms with Crippen molar-refractivity contribution in [2.24, 2.45) is 7.05 Å². The summed E-state index contributed by atoms with van der Waals surface area (Å²) in [6.45, 7) is 0. The molecule has 1 fully saturated rings. The van der Waals surface area contributed by atoms with Crippen molar-refractivity contribution in [1.29, 1.82) is 0 Å². The van der Waals surface area contributed by atoms with Crippen LogP contribution in [0, 0.1) is 0 Å². The van der Waals surface area contributed by atoms with Crippen molar-refractivity contribution in [3.8, 4) is 17.1 Å². The van der Waals surface area contributed by atoms with Gasteiger partial charge in [0.15, 0.2) is 5.82 Å². The van der Waals surface area contributed by atoms with Crippen LogP contribution in [0.15, 0.2) is 48.5 Å². The van der Waals surface area contributed by atoms with E-state index in [0.29, 0.717) is 16.4 Å². The van der Waals surface area contributed by atoms with E-state index in [0.717, 1.165) is 24.2 Å². The number of alkyl halides is 3. The molecule has 0 spiro atoms. The van der Waals surface area contributed by atoms with Crippen molar-refractivity contribution < 1.29 is 17.9 Å². The third kappa shape index (κ3) is 3.39. The average molecular weight is 394 g/mol. The van der Waals surface area contributed by atoms with E-state index in [9.17, 15) is 13.2 Å². The van der Waals surface area contributed by atoms with Crippen LogP contribution in [0.4, 0.5) is 13.2 Å². The molecular formula is C19H15ClF3N3O. The topological polar surface area (TPSA) is 39.9 Å². The zero-order chi connectivity index (χ0) is 19.2. The Balaban J connectivity index is 1.64. The lowest BCUT2D eigenvalue weighted by atomic mass is 9.95. The summed E-state index contributed by atoms with van der Waals surface area (Å²) in [6.07, 6.45) is -2.80. The van der Waals surface area contributed by atoms with Gasteiger partial charge in [-0.1, -0.05) is 23.7 Å². The van der Waals surface area contributed by atoms with Gasteiger partial charge in [-0.15, -0.1) is 23.4 Å². The number of nitrogens with zero attached hydrogens (tertiary/aromatic N) is 3. The van der Waals surface area contributed by atoms with Crippen molar-refractivity contribution in [2.75, 3.05) is 0 Å². The second kappa shape index (κ2) is 6.27. The number of hydrogen-bond donors (Lipinski definition) is 0. The highest BCUT2D eigenvalue weighted by molar-refractivity contribution is 6.30. The Kier molecular flexibility index (Phi) is 4.14. The van der Waals surface area contributed by atoms with Crippen LogP contribution >= 0.6 is 11.6 Å². The molecule has 0 amide bonds. The summed E-state index contributed by atoms with van der Waals surface area (Å²) in [5.74, 6) is 1.15. The lowest BCUT2D eigenvalue weighted by Crippen LogP contribution is -2.17. The minimum Gasteiger partial charge on any atom is -0.406 e. The van der Waals surface area contributed by atoms with Crippen molar-refractivity contribution in [3.05, 3.63) is 64.9 Å². The van der Waals surface area contributed by atoms with E-state index in [-0.39, 0.29) is 11.2 Å². The molecule has 1 aliphatic carbocycles. The molecule has 1 heterocycles. The quantitative estimate of drug-likeness (QED) is 0.618. The van der Waals surface area contributed by atoms with Gasteiger partial charge in [0.1, 0.15) is 11.6 Å². The highest BCUT2D eigenvalue weighted by Gasteiger charge is 2.49. The molecule has 0 saturated heterocycles. The summed E-state index contributed by atoms with van der Waals surface area (Å²) in [5.41, 5.74) is 1.60. The normalized spacial score (nSPS) is 15.6. The van der Waals surface area contributed by atoms with Crippen LogP contribution in [0.25, 0.3) is 11.4 Å². The van der Waals surface area contributed by atoms with Gasteiger partial charge in [-0.3, -0.25) is 0 Å². The Hall–Kier alpha value is -2.54. The molecule has 4 rings (SSSR count). The second-order valence-electron chi connectivity index (χ2n) is 6.57. The van der Waals surface area contributed by atoms with Crippen LogP contribution < -0.4 is 4.74 Å². The van der Waals surface area contributed by atoms with Gasteiger partial charge < -0.3 is 9.30 Å². The lowest BCUT2D eigenvalue weighted by molar-refractivity contribution is -0.274. The van der Waals surface area contributed by atoms with Gasteiger partial charge in [-0.05, 0) is 54.8 Å². The predicted octanol–water partition coefficient (Wildman–Crippen LogP) is 5.11. The van der Waals surface area contributed by atoms with Gasteiger partial charge in [-0.2, -0.15) is 0 Å². The summed E-state index contributed by atoms with van der Waals surface area (Å²) in [5, 5.41) is 9.31. The molecular weight excluding hydrogens is 379 g/mol. The Labute approximate surface area is 158 Å². The Morgan fingerprint density at radius 1 is 1.00 bits per heavy atom. The van der Waals surface area contributed by atoms with E-state index in [1.807, 2.05) is 35.9 Å². The van der Waals surface area contributed by atoms with Crippen LogP contribution in [0.5, 0.6) is 5.75 Å². The van der Waals surface area contributed by atoms with E-state index in [1.165, 1.54) is 24.3 Å². The fourth-order valence-electron chi connectivity index (χ4n) is 3.34. The first-order valence-electron chi connectivity index (χ1n) is 8.31. The van der Waals surface area contributed by atoms with E-state index in [4.69, 9.17) is 11.6 Å². The molecule has 0 N–H and O–H groups in total. The molecule has 8 heteroatoms. The van der Waals surface area contributed by atoms with Crippen molar-refractivity contribution in [1.82, 2.24) is 14.8 Å². The van der Waals surface area contributed by atoms with Crippen LogP contribution in [0.1, 0.15) is 24.2 Å². The molecule has 0 aliphatic heterocycles. The number of ether oxygens (including phenoxy) is 1. The summed E-state index contributed by atoms with van der Waals surface area (Å²) in [6, 6.07) is 13.3.